The second kappa shape index (κ2) is 5.91. The topological polar surface area (TPSA) is 56.7 Å². The molecule has 44 valence electrons. The van der Waals surface area contributed by atoms with Crippen molar-refractivity contribution in [2.45, 2.75) is 0 Å². The van der Waals surface area contributed by atoms with Gasteiger partial charge >= 0.3 is 0 Å². The fourth-order valence-electron chi connectivity index (χ4n) is 0.321. The van der Waals surface area contributed by atoms with Crippen LogP contribution in [0.4, 0.5) is 0 Å². The maximum Gasteiger partial charge on any atom is 0.0973 e. The number of hydrogen-bond donors (Lipinski definition) is 1. The Morgan fingerprint density at radius 3 is 1.88 bits per heavy atom. The van der Waals surface area contributed by atoms with Crippen molar-refractivity contribution in [1.82, 2.24) is 0 Å². The molecule has 0 amide bonds. The van der Waals surface area contributed by atoms with Crippen LogP contribution in [0.25, 0.3) is 0 Å². The van der Waals surface area contributed by atoms with Crippen LogP contribution in [-0.4, -0.2) is 6.47 Å². The highest BCUT2D eigenvalue weighted by atomic mass is 16.3. The highest BCUT2D eigenvalue weighted by Gasteiger charge is 1.75. The number of carbonyl (C=O) groups excluding carboxylic acids is 1. The van der Waals surface area contributed by atoms with Gasteiger partial charge in [-0.3, -0.25) is 5.32 Å². The summed E-state index contributed by atoms with van der Waals surface area (Å²) in [6.45, 7) is -0.500. The fourth-order valence-corrected chi connectivity index (χ4v) is 0.321. The van der Waals surface area contributed by atoms with E-state index < -0.39 is 6.47 Å². The van der Waals surface area contributed by atoms with E-state index in [2.05, 4.69) is 0 Å². The van der Waals surface area contributed by atoms with E-state index in [0.29, 0.717) is 0 Å². The van der Waals surface area contributed by atoms with Gasteiger partial charge in [0.1, 0.15) is 0 Å². The summed E-state index contributed by atoms with van der Waals surface area (Å²) in [4.78, 5) is 8.25. The molecule has 2 N–H and O–H groups in total. The highest BCUT2D eigenvalue weighted by Crippen LogP contribution is 1.67. The van der Waals surface area contributed by atoms with E-state index in [-0.39, 0.29) is 0 Å². The van der Waals surface area contributed by atoms with Gasteiger partial charge in [-0.15, -0.1) is 0 Å². The molecule has 3 heteroatoms. The Kier molecular flexibility index (Phi) is 5.10. The SMILES string of the molecule is C1=C[NH2+]C=C1.O=C[O-]. The molecule has 0 radical (unpaired) electrons. The Hall–Kier alpha value is -1.09. The van der Waals surface area contributed by atoms with Crippen molar-refractivity contribution in [1.29, 1.82) is 0 Å². The average Bonchev–Trinajstić information content (AvgIpc) is 2.17. The molecule has 0 fully saturated rings. The maximum absolute atomic E-state index is 8.25. The zero-order valence-electron chi connectivity index (χ0n) is 4.28. The summed E-state index contributed by atoms with van der Waals surface area (Å²) in [5.41, 5.74) is 0. The Balaban J connectivity index is 0.000000145. The summed E-state index contributed by atoms with van der Waals surface area (Å²) >= 11 is 0. The predicted octanol–water partition coefficient (Wildman–Crippen LogP) is -2.04. The maximum atomic E-state index is 8.25. The van der Waals surface area contributed by atoms with Crippen LogP contribution >= 0.6 is 0 Å². The molecule has 0 atom stereocenters. The molecule has 3 nitrogen and oxygen atoms in total. The van der Waals surface area contributed by atoms with Crippen LogP contribution in [0.1, 0.15) is 0 Å². The Morgan fingerprint density at radius 1 is 1.38 bits per heavy atom. The minimum atomic E-state index is -0.500. The Bertz CT molecular complexity index is 97.0. The van der Waals surface area contributed by atoms with Crippen LogP contribution in [0.5, 0.6) is 0 Å². The summed E-state index contributed by atoms with van der Waals surface area (Å²) in [6, 6.07) is 0. The lowest BCUT2D eigenvalue weighted by Crippen LogP contribution is -2.69. The summed E-state index contributed by atoms with van der Waals surface area (Å²) < 4.78 is 0. The van der Waals surface area contributed by atoms with Crippen LogP contribution in [0.3, 0.4) is 0 Å². The van der Waals surface area contributed by atoms with E-state index >= 15 is 0 Å². The van der Waals surface area contributed by atoms with Gasteiger partial charge in [0.2, 0.25) is 0 Å². The van der Waals surface area contributed by atoms with E-state index in [9.17, 15) is 0 Å². The van der Waals surface area contributed by atoms with Gasteiger partial charge < -0.3 is 9.90 Å². The molecule has 0 saturated carbocycles. The standard InChI is InChI=1S/C4H5N.CH2O2/c1-2-4-5-3-1;2-1-3/h1-5H;1H,(H,2,3). The number of carboxylic acid groups (broad SMARTS) is 1. The third-order valence-electron chi connectivity index (χ3n) is 0.556. The largest absolute Gasteiger partial charge is 0.554 e. The minimum Gasteiger partial charge on any atom is -0.554 e. The predicted molar refractivity (Wildman–Crippen MR) is 26.3 cm³/mol. The van der Waals surface area contributed by atoms with Crippen molar-refractivity contribution >= 4 is 6.47 Å². The minimum absolute atomic E-state index is 0.500. The first kappa shape index (κ1) is 6.91. The summed E-state index contributed by atoms with van der Waals surface area (Å²) in [6.07, 6.45) is 8.00. The first-order valence-corrected chi connectivity index (χ1v) is 2.14. The third-order valence-corrected chi connectivity index (χ3v) is 0.556. The van der Waals surface area contributed by atoms with Crippen molar-refractivity contribution < 1.29 is 15.2 Å². The lowest BCUT2D eigenvalue weighted by Gasteiger charge is -1.61. The van der Waals surface area contributed by atoms with Crippen molar-refractivity contribution in [3.8, 4) is 0 Å². The van der Waals surface area contributed by atoms with E-state index in [1.165, 1.54) is 0 Å². The fraction of sp³-hybridized carbons (Fsp3) is 0. The van der Waals surface area contributed by atoms with Gasteiger partial charge in [-0.2, -0.15) is 0 Å². The molecule has 0 aromatic heterocycles. The van der Waals surface area contributed by atoms with E-state index in [4.69, 9.17) is 9.90 Å². The molecule has 1 rings (SSSR count). The van der Waals surface area contributed by atoms with Crippen molar-refractivity contribution in [2.24, 2.45) is 0 Å². The molecule has 0 bridgehead atoms. The highest BCUT2D eigenvalue weighted by molar-refractivity contribution is 5.29. The van der Waals surface area contributed by atoms with Crippen LogP contribution in [0.2, 0.25) is 0 Å². The summed E-state index contributed by atoms with van der Waals surface area (Å²) in [5, 5.41) is 10.2. The summed E-state index contributed by atoms with van der Waals surface area (Å²) in [7, 11) is 0. The van der Waals surface area contributed by atoms with Gasteiger partial charge in [-0.25, -0.2) is 0 Å². The van der Waals surface area contributed by atoms with Crippen molar-refractivity contribution in [3.63, 3.8) is 0 Å². The second-order valence-corrected chi connectivity index (χ2v) is 1.06. The molecule has 1 aliphatic rings. The number of carbonyl (C=O) groups is 1. The molecule has 0 aromatic rings. The zero-order chi connectivity index (χ0) is 6.24. The van der Waals surface area contributed by atoms with Crippen LogP contribution in [0, 0.1) is 0 Å². The normalized spacial score (nSPS) is 12.5. The lowest BCUT2D eigenvalue weighted by atomic mass is 10.6. The second-order valence-electron chi connectivity index (χ2n) is 1.06. The smallest absolute Gasteiger partial charge is 0.0973 e. The summed E-state index contributed by atoms with van der Waals surface area (Å²) in [5.74, 6) is 0. The van der Waals surface area contributed by atoms with E-state index in [1.54, 1.807) is 0 Å². The van der Waals surface area contributed by atoms with Crippen LogP contribution in [-0.2, 0) is 4.79 Å². The average molecular weight is 113 g/mol. The molecule has 0 aromatic carbocycles. The molecule has 0 unspecified atom stereocenters. The first-order chi connectivity index (χ1) is 3.91. The third kappa shape index (κ3) is 4.91. The Labute approximate surface area is 47.3 Å². The van der Waals surface area contributed by atoms with Gasteiger partial charge in [0, 0.05) is 6.47 Å². The zero-order valence-corrected chi connectivity index (χ0v) is 4.28. The van der Waals surface area contributed by atoms with E-state index in [1.807, 2.05) is 29.9 Å². The molecule has 1 heterocycles. The number of nitrogens with two attached hydrogens (primary N) is 1. The molecule has 1 aliphatic heterocycles. The molecule has 0 aliphatic carbocycles. The molecule has 0 spiro atoms. The monoisotopic (exact) mass is 113 g/mol. The number of allylic oxidation sites excluding steroid dienone is 2. The van der Waals surface area contributed by atoms with E-state index in [0.717, 1.165) is 0 Å². The van der Waals surface area contributed by atoms with Gasteiger partial charge in [-0.1, -0.05) is 0 Å². The molecule has 0 saturated heterocycles. The van der Waals surface area contributed by atoms with Gasteiger partial charge in [0.25, 0.3) is 0 Å². The van der Waals surface area contributed by atoms with Gasteiger partial charge in [0.05, 0.1) is 12.4 Å². The molecular weight excluding hydrogens is 106 g/mol. The number of quaternary nitrogens is 1. The van der Waals surface area contributed by atoms with Crippen molar-refractivity contribution in [2.75, 3.05) is 0 Å². The first-order valence-electron chi connectivity index (χ1n) is 2.14. The number of hydrogen-bond acceptors (Lipinski definition) is 2. The van der Waals surface area contributed by atoms with Crippen LogP contribution in [0.15, 0.2) is 24.6 Å². The molecule has 8 heavy (non-hydrogen) atoms. The Morgan fingerprint density at radius 2 is 1.75 bits per heavy atom. The number of rotatable bonds is 0. The molecular formula is C5H7NO2. The van der Waals surface area contributed by atoms with Crippen LogP contribution < -0.4 is 10.4 Å². The quantitative estimate of drug-likeness (QED) is 0.368. The lowest BCUT2D eigenvalue weighted by molar-refractivity contribution is -0.510. The van der Waals surface area contributed by atoms with Gasteiger partial charge in [0.15, 0.2) is 0 Å². The van der Waals surface area contributed by atoms with Crippen molar-refractivity contribution in [3.05, 3.63) is 24.6 Å². The van der Waals surface area contributed by atoms with Gasteiger partial charge in [-0.05, 0) is 12.2 Å².